The van der Waals surface area contributed by atoms with Crippen LogP contribution in [0.15, 0.2) is 24.3 Å². The van der Waals surface area contributed by atoms with Crippen LogP contribution in [0.2, 0.25) is 0 Å². The highest BCUT2D eigenvalue weighted by molar-refractivity contribution is 5.57. The Morgan fingerprint density at radius 3 is 2.80 bits per heavy atom. The lowest BCUT2D eigenvalue weighted by Gasteiger charge is -2.41. The summed E-state index contributed by atoms with van der Waals surface area (Å²) < 4.78 is 0. The van der Waals surface area contributed by atoms with Gasteiger partial charge in [-0.15, -0.1) is 0 Å². The van der Waals surface area contributed by atoms with Crippen molar-refractivity contribution in [1.82, 2.24) is 0 Å². The summed E-state index contributed by atoms with van der Waals surface area (Å²) in [5, 5.41) is 13.1. The molecule has 0 aliphatic carbocycles. The fourth-order valence-electron chi connectivity index (χ4n) is 2.57. The van der Waals surface area contributed by atoms with Gasteiger partial charge in [-0.25, -0.2) is 0 Å². The minimum absolute atomic E-state index is 0.0537. The second-order valence-corrected chi connectivity index (χ2v) is 4.69. The summed E-state index contributed by atoms with van der Waals surface area (Å²) in [5.41, 5.74) is 2.40. The Hall–Kier alpha value is -1.02. The van der Waals surface area contributed by atoms with E-state index >= 15 is 0 Å². The highest BCUT2D eigenvalue weighted by Gasteiger charge is 2.38. The standard InChI is InChI=1S/C13H19NO/c1-10(2)13(9-15)7-8-14-12-6-4-3-5-11(12)13/h3-6,10,14-15H,7-9H2,1-2H3/t13-/m0/s1. The Labute approximate surface area is 91.3 Å². The molecule has 82 valence electrons. The van der Waals surface area contributed by atoms with Gasteiger partial charge in [0, 0.05) is 17.6 Å². The SMILES string of the molecule is CC(C)[C@@]1(CO)CCNc2ccccc21. The van der Waals surface area contributed by atoms with Crippen LogP contribution < -0.4 is 5.32 Å². The van der Waals surface area contributed by atoms with Crippen LogP contribution in [-0.4, -0.2) is 18.3 Å². The molecule has 1 aliphatic heterocycles. The first-order valence-electron chi connectivity index (χ1n) is 5.65. The first-order chi connectivity index (χ1) is 7.20. The van der Waals surface area contributed by atoms with Crippen LogP contribution >= 0.6 is 0 Å². The molecule has 0 amide bonds. The number of hydrogen-bond acceptors (Lipinski definition) is 2. The number of benzene rings is 1. The van der Waals surface area contributed by atoms with Crippen molar-refractivity contribution in [3.05, 3.63) is 29.8 Å². The topological polar surface area (TPSA) is 32.3 Å². The third kappa shape index (κ3) is 1.53. The zero-order valence-corrected chi connectivity index (χ0v) is 9.46. The van der Waals surface area contributed by atoms with E-state index in [0.29, 0.717) is 5.92 Å². The molecule has 1 heterocycles. The van der Waals surface area contributed by atoms with E-state index in [1.807, 2.05) is 6.07 Å². The van der Waals surface area contributed by atoms with Gasteiger partial charge in [0.05, 0.1) is 6.61 Å². The monoisotopic (exact) mass is 205 g/mol. The first-order valence-corrected chi connectivity index (χ1v) is 5.65. The van der Waals surface area contributed by atoms with Gasteiger partial charge in [-0.3, -0.25) is 0 Å². The van der Waals surface area contributed by atoms with E-state index in [0.717, 1.165) is 13.0 Å². The first kappa shape index (κ1) is 10.5. The smallest absolute Gasteiger partial charge is 0.0531 e. The molecule has 1 aromatic rings. The van der Waals surface area contributed by atoms with Gasteiger partial charge >= 0.3 is 0 Å². The zero-order valence-electron chi connectivity index (χ0n) is 9.46. The molecule has 0 fully saturated rings. The Bertz CT molecular complexity index is 348. The molecule has 0 unspecified atom stereocenters. The molecule has 1 aromatic carbocycles. The average molecular weight is 205 g/mol. The molecule has 0 saturated heterocycles. The van der Waals surface area contributed by atoms with Crippen molar-refractivity contribution in [2.24, 2.45) is 5.92 Å². The van der Waals surface area contributed by atoms with Gasteiger partial charge in [0.25, 0.3) is 0 Å². The Balaban J connectivity index is 2.52. The fourth-order valence-corrected chi connectivity index (χ4v) is 2.57. The lowest BCUT2D eigenvalue weighted by Crippen LogP contribution is -2.41. The van der Waals surface area contributed by atoms with Gasteiger partial charge in [0.2, 0.25) is 0 Å². The molecule has 0 spiro atoms. The van der Waals surface area contributed by atoms with E-state index in [1.54, 1.807) is 0 Å². The van der Waals surface area contributed by atoms with Crippen molar-refractivity contribution in [3.8, 4) is 0 Å². The largest absolute Gasteiger partial charge is 0.395 e. The Morgan fingerprint density at radius 1 is 1.40 bits per heavy atom. The number of aliphatic hydroxyl groups excluding tert-OH is 1. The number of nitrogens with one attached hydrogen (secondary N) is 1. The third-order valence-corrected chi connectivity index (χ3v) is 3.74. The molecule has 2 N–H and O–H groups in total. The molecule has 2 heteroatoms. The minimum atomic E-state index is -0.0537. The van der Waals surface area contributed by atoms with E-state index in [4.69, 9.17) is 0 Å². The van der Waals surface area contributed by atoms with Crippen molar-refractivity contribution in [1.29, 1.82) is 0 Å². The number of anilines is 1. The molecule has 0 saturated carbocycles. The summed E-state index contributed by atoms with van der Waals surface area (Å²) >= 11 is 0. The Kier molecular flexibility index (Phi) is 2.70. The van der Waals surface area contributed by atoms with Gasteiger partial charge in [-0.1, -0.05) is 32.0 Å². The molecule has 1 aliphatic rings. The lowest BCUT2D eigenvalue weighted by atomic mass is 9.68. The number of para-hydroxylation sites is 1. The fraction of sp³-hybridized carbons (Fsp3) is 0.538. The zero-order chi connectivity index (χ0) is 10.9. The summed E-state index contributed by atoms with van der Waals surface area (Å²) in [4.78, 5) is 0. The molecule has 15 heavy (non-hydrogen) atoms. The lowest BCUT2D eigenvalue weighted by molar-refractivity contribution is 0.141. The molecule has 2 nitrogen and oxygen atoms in total. The predicted octanol–water partition coefficient (Wildman–Crippen LogP) is 2.39. The highest BCUT2D eigenvalue weighted by atomic mass is 16.3. The van der Waals surface area contributed by atoms with Crippen LogP contribution in [0.4, 0.5) is 5.69 Å². The van der Waals surface area contributed by atoms with Crippen molar-refractivity contribution in [3.63, 3.8) is 0 Å². The van der Waals surface area contributed by atoms with Crippen molar-refractivity contribution < 1.29 is 5.11 Å². The van der Waals surface area contributed by atoms with Gasteiger partial charge in [-0.05, 0) is 24.0 Å². The molecule has 0 radical (unpaired) electrons. The maximum absolute atomic E-state index is 9.73. The van der Waals surface area contributed by atoms with E-state index in [1.165, 1.54) is 11.3 Å². The highest BCUT2D eigenvalue weighted by Crippen LogP contribution is 2.41. The number of rotatable bonds is 2. The predicted molar refractivity (Wildman–Crippen MR) is 63.2 cm³/mol. The summed E-state index contributed by atoms with van der Waals surface area (Å²) in [7, 11) is 0. The van der Waals surface area contributed by atoms with Crippen LogP contribution in [0.3, 0.4) is 0 Å². The maximum atomic E-state index is 9.73. The molecular weight excluding hydrogens is 186 g/mol. The van der Waals surface area contributed by atoms with Gasteiger partial charge in [0.1, 0.15) is 0 Å². The Morgan fingerprint density at radius 2 is 2.13 bits per heavy atom. The van der Waals surface area contributed by atoms with Crippen LogP contribution in [0.1, 0.15) is 25.8 Å². The van der Waals surface area contributed by atoms with E-state index < -0.39 is 0 Å². The van der Waals surface area contributed by atoms with Crippen molar-refractivity contribution in [2.75, 3.05) is 18.5 Å². The summed E-state index contributed by atoms with van der Waals surface area (Å²) in [5.74, 6) is 0.464. The number of aliphatic hydroxyl groups is 1. The normalized spacial score (nSPS) is 24.8. The van der Waals surface area contributed by atoms with Crippen molar-refractivity contribution >= 4 is 5.69 Å². The maximum Gasteiger partial charge on any atom is 0.0531 e. The molecule has 1 atom stereocenters. The minimum Gasteiger partial charge on any atom is -0.395 e. The van der Waals surface area contributed by atoms with Gasteiger partial charge in [-0.2, -0.15) is 0 Å². The van der Waals surface area contributed by atoms with Gasteiger partial charge < -0.3 is 10.4 Å². The van der Waals surface area contributed by atoms with Crippen LogP contribution in [0.5, 0.6) is 0 Å². The number of hydrogen-bond donors (Lipinski definition) is 2. The summed E-state index contributed by atoms with van der Waals surface area (Å²) in [6, 6.07) is 8.33. The van der Waals surface area contributed by atoms with Crippen LogP contribution in [0.25, 0.3) is 0 Å². The summed E-state index contributed by atoms with van der Waals surface area (Å²) in [6.45, 7) is 5.58. The van der Waals surface area contributed by atoms with E-state index in [9.17, 15) is 5.11 Å². The quantitative estimate of drug-likeness (QED) is 0.777. The molecule has 0 aromatic heterocycles. The molecular formula is C13H19NO. The van der Waals surface area contributed by atoms with Crippen LogP contribution in [-0.2, 0) is 5.41 Å². The van der Waals surface area contributed by atoms with Gasteiger partial charge in [0.15, 0.2) is 0 Å². The number of fused-ring (bicyclic) bond motifs is 1. The summed E-state index contributed by atoms with van der Waals surface area (Å²) in [6.07, 6.45) is 1.01. The van der Waals surface area contributed by atoms with E-state index in [-0.39, 0.29) is 12.0 Å². The average Bonchev–Trinajstić information content (AvgIpc) is 2.28. The van der Waals surface area contributed by atoms with Crippen molar-refractivity contribution in [2.45, 2.75) is 25.7 Å². The molecule has 2 rings (SSSR count). The van der Waals surface area contributed by atoms with E-state index in [2.05, 4.69) is 37.4 Å². The third-order valence-electron chi connectivity index (χ3n) is 3.74. The second kappa shape index (κ2) is 3.86. The molecule has 0 bridgehead atoms. The van der Waals surface area contributed by atoms with Crippen LogP contribution in [0, 0.1) is 5.92 Å². The second-order valence-electron chi connectivity index (χ2n) is 4.69.